The van der Waals surface area contributed by atoms with E-state index in [1.807, 2.05) is 34.1 Å². The van der Waals surface area contributed by atoms with E-state index in [0.29, 0.717) is 12.6 Å². The third-order valence-electron chi connectivity index (χ3n) is 6.21. The summed E-state index contributed by atoms with van der Waals surface area (Å²) in [7, 11) is 2.11. The van der Waals surface area contributed by atoms with Crippen molar-refractivity contribution >= 4 is 11.7 Å². The Morgan fingerprint density at radius 2 is 1.90 bits per heavy atom. The van der Waals surface area contributed by atoms with Crippen molar-refractivity contribution in [2.24, 2.45) is 0 Å². The number of halogens is 1. The molecule has 2 aliphatic heterocycles. The molecule has 5 nitrogen and oxygen atoms in total. The number of anilines is 1. The van der Waals surface area contributed by atoms with Crippen molar-refractivity contribution in [1.82, 2.24) is 14.8 Å². The number of aromatic nitrogens is 1. The zero-order valence-electron chi connectivity index (χ0n) is 17.4. The van der Waals surface area contributed by atoms with Crippen molar-refractivity contribution in [1.29, 1.82) is 0 Å². The third-order valence-corrected chi connectivity index (χ3v) is 6.21. The van der Waals surface area contributed by atoms with E-state index in [1.54, 1.807) is 6.20 Å². The number of rotatable bonds is 3. The summed E-state index contributed by atoms with van der Waals surface area (Å²) in [6.45, 7) is 7.25. The maximum atomic E-state index is 13.2. The van der Waals surface area contributed by atoms with E-state index in [9.17, 15) is 9.18 Å². The van der Waals surface area contributed by atoms with E-state index < -0.39 is 0 Å². The summed E-state index contributed by atoms with van der Waals surface area (Å²) in [5.74, 6) is -0.204. The van der Waals surface area contributed by atoms with Crippen LogP contribution in [0.1, 0.15) is 37.9 Å². The van der Waals surface area contributed by atoms with Crippen LogP contribution in [0.4, 0.5) is 14.9 Å². The number of carbonyl (C=O) groups excluding carboxylic acids is 1. The summed E-state index contributed by atoms with van der Waals surface area (Å²) in [5, 5.41) is 0. The molecule has 0 bridgehead atoms. The first-order valence-electron chi connectivity index (χ1n) is 10.3. The maximum absolute atomic E-state index is 13.2. The molecule has 2 amide bonds. The number of hydrogen-bond donors (Lipinski definition) is 0. The standard InChI is InChI=1S/C23H29FN4O/c1-23(2)16-28(20-5-4-12-25-21(20)23)22(29)27-13-10-19(11-14-27)26(3)15-17-6-8-18(24)9-7-17/h4-9,12,19H,10-11,13-16H2,1-3H3. The van der Waals surface area contributed by atoms with Crippen LogP contribution < -0.4 is 4.90 Å². The average molecular weight is 397 g/mol. The summed E-state index contributed by atoms with van der Waals surface area (Å²) in [6.07, 6.45) is 3.69. The van der Waals surface area contributed by atoms with Gasteiger partial charge in [-0.25, -0.2) is 9.18 Å². The largest absolute Gasteiger partial charge is 0.324 e. The molecule has 0 unspecified atom stereocenters. The maximum Gasteiger partial charge on any atom is 0.324 e. The summed E-state index contributed by atoms with van der Waals surface area (Å²) < 4.78 is 13.1. The van der Waals surface area contributed by atoms with Crippen molar-refractivity contribution < 1.29 is 9.18 Å². The van der Waals surface area contributed by atoms with Gasteiger partial charge in [-0.05, 0) is 49.7 Å². The van der Waals surface area contributed by atoms with Crippen molar-refractivity contribution in [3.05, 3.63) is 59.7 Å². The Hall–Kier alpha value is -2.47. The Kier molecular flexibility index (Phi) is 5.30. The molecule has 29 heavy (non-hydrogen) atoms. The van der Waals surface area contributed by atoms with Gasteiger partial charge in [0.1, 0.15) is 5.82 Å². The number of fused-ring (bicyclic) bond motifs is 1. The lowest BCUT2D eigenvalue weighted by atomic mass is 9.91. The van der Waals surface area contributed by atoms with Crippen molar-refractivity contribution in [2.75, 3.05) is 31.6 Å². The van der Waals surface area contributed by atoms with E-state index in [0.717, 1.165) is 49.4 Å². The van der Waals surface area contributed by atoms with Crippen LogP contribution >= 0.6 is 0 Å². The van der Waals surface area contributed by atoms with E-state index >= 15 is 0 Å². The van der Waals surface area contributed by atoms with E-state index in [1.165, 1.54) is 12.1 Å². The molecule has 2 aromatic rings. The van der Waals surface area contributed by atoms with Crippen LogP contribution in [0.15, 0.2) is 42.6 Å². The fourth-order valence-corrected chi connectivity index (χ4v) is 4.54. The van der Waals surface area contributed by atoms with Gasteiger partial charge in [-0.3, -0.25) is 14.8 Å². The van der Waals surface area contributed by atoms with Crippen LogP contribution in [0.5, 0.6) is 0 Å². The smallest absolute Gasteiger partial charge is 0.324 e. The van der Waals surface area contributed by atoms with Gasteiger partial charge in [0.05, 0.1) is 11.4 Å². The second-order valence-electron chi connectivity index (χ2n) is 8.88. The van der Waals surface area contributed by atoms with Crippen molar-refractivity contribution in [2.45, 2.75) is 44.7 Å². The van der Waals surface area contributed by atoms with Crippen molar-refractivity contribution in [3.8, 4) is 0 Å². The van der Waals surface area contributed by atoms with Crippen LogP contribution in [0.2, 0.25) is 0 Å². The van der Waals surface area contributed by atoms with Gasteiger partial charge in [-0.15, -0.1) is 0 Å². The summed E-state index contributed by atoms with van der Waals surface area (Å²) >= 11 is 0. The van der Waals surface area contributed by atoms with Crippen LogP contribution in [-0.2, 0) is 12.0 Å². The molecular formula is C23H29FN4O. The number of urea groups is 1. The number of benzene rings is 1. The minimum Gasteiger partial charge on any atom is -0.324 e. The number of carbonyl (C=O) groups is 1. The minimum atomic E-state index is -0.204. The zero-order chi connectivity index (χ0) is 20.6. The topological polar surface area (TPSA) is 39.7 Å². The molecule has 0 aliphatic carbocycles. The highest BCUT2D eigenvalue weighted by atomic mass is 19.1. The number of likely N-dealkylation sites (tertiary alicyclic amines) is 1. The van der Waals surface area contributed by atoms with Gasteiger partial charge in [-0.1, -0.05) is 26.0 Å². The average Bonchev–Trinajstić information content (AvgIpc) is 3.00. The molecule has 6 heteroatoms. The van der Waals surface area contributed by atoms with Gasteiger partial charge >= 0.3 is 6.03 Å². The molecule has 0 spiro atoms. The quantitative estimate of drug-likeness (QED) is 0.786. The Morgan fingerprint density at radius 1 is 1.21 bits per heavy atom. The second kappa shape index (κ2) is 7.75. The lowest BCUT2D eigenvalue weighted by Gasteiger charge is -2.38. The first kappa shape index (κ1) is 19.8. The van der Waals surface area contributed by atoms with Crippen LogP contribution in [0.25, 0.3) is 0 Å². The van der Waals surface area contributed by atoms with E-state index in [-0.39, 0.29) is 17.3 Å². The zero-order valence-corrected chi connectivity index (χ0v) is 17.4. The van der Waals surface area contributed by atoms with Gasteiger partial charge < -0.3 is 4.90 Å². The lowest BCUT2D eigenvalue weighted by molar-refractivity contribution is 0.133. The first-order valence-corrected chi connectivity index (χ1v) is 10.3. The summed E-state index contributed by atoms with van der Waals surface area (Å²) in [5.41, 5.74) is 2.93. The molecule has 4 rings (SSSR count). The van der Waals surface area contributed by atoms with Gasteiger partial charge in [0.25, 0.3) is 0 Å². The minimum absolute atomic E-state index is 0.0875. The number of hydrogen-bond acceptors (Lipinski definition) is 3. The van der Waals surface area contributed by atoms with Crippen LogP contribution in [-0.4, -0.2) is 53.5 Å². The summed E-state index contributed by atoms with van der Waals surface area (Å²) in [6, 6.07) is 11.1. The van der Waals surface area contributed by atoms with E-state index in [4.69, 9.17) is 0 Å². The third kappa shape index (κ3) is 3.99. The highest BCUT2D eigenvalue weighted by Crippen LogP contribution is 2.39. The highest BCUT2D eigenvalue weighted by molar-refractivity contribution is 5.94. The van der Waals surface area contributed by atoms with Gasteiger partial charge in [-0.2, -0.15) is 0 Å². The molecule has 0 N–H and O–H groups in total. The Labute approximate surface area is 172 Å². The molecule has 1 saturated heterocycles. The molecule has 154 valence electrons. The van der Waals surface area contributed by atoms with Gasteiger partial charge in [0.15, 0.2) is 0 Å². The predicted molar refractivity (Wildman–Crippen MR) is 112 cm³/mol. The molecule has 0 radical (unpaired) electrons. The molecular weight excluding hydrogens is 367 g/mol. The summed E-state index contributed by atoms with van der Waals surface area (Å²) in [4.78, 5) is 23.9. The fourth-order valence-electron chi connectivity index (χ4n) is 4.54. The Balaban J connectivity index is 1.36. The second-order valence-corrected chi connectivity index (χ2v) is 8.88. The molecule has 2 aliphatic rings. The normalized spacial score (nSPS) is 18.9. The predicted octanol–water partition coefficient (Wildman–Crippen LogP) is 4.03. The number of piperidine rings is 1. The number of pyridine rings is 1. The molecule has 1 aromatic heterocycles. The number of nitrogens with zero attached hydrogens (tertiary/aromatic N) is 4. The Morgan fingerprint density at radius 3 is 2.59 bits per heavy atom. The Bertz CT molecular complexity index is 875. The van der Waals surface area contributed by atoms with Crippen LogP contribution in [0, 0.1) is 5.82 Å². The SMILES string of the molecule is CN(Cc1ccc(F)cc1)C1CCN(C(=O)N2CC(C)(C)c3ncccc32)CC1. The fraction of sp³-hybridized carbons (Fsp3) is 0.478. The monoisotopic (exact) mass is 396 g/mol. The van der Waals surface area contributed by atoms with E-state index in [2.05, 4.69) is 30.8 Å². The van der Waals surface area contributed by atoms with Crippen molar-refractivity contribution in [3.63, 3.8) is 0 Å². The molecule has 1 fully saturated rings. The first-order chi connectivity index (χ1) is 13.8. The number of amides is 2. The van der Waals surface area contributed by atoms with Crippen LogP contribution in [0.3, 0.4) is 0 Å². The molecule has 0 atom stereocenters. The lowest BCUT2D eigenvalue weighted by Crippen LogP contribution is -2.50. The highest BCUT2D eigenvalue weighted by Gasteiger charge is 2.41. The molecule has 3 heterocycles. The van der Waals surface area contributed by atoms with Gasteiger partial charge in [0, 0.05) is 43.8 Å². The van der Waals surface area contributed by atoms with Gasteiger partial charge in [0.2, 0.25) is 0 Å². The molecule has 1 aromatic carbocycles. The molecule has 0 saturated carbocycles.